The molecule has 4 N–H and O–H groups in total. The Bertz CT molecular complexity index is 476. The Hall–Kier alpha value is -1.75. The van der Waals surface area contributed by atoms with Crippen molar-refractivity contribution in [3.8, 4) is 5.75 Å². The van der Waals surface area contributed by atoms with Crippen molar-refractivity contribution in [3.63, 3.8) is 0 Å². The average molecular weight is 278 g/mol. The van der Waals surface area contributed by atoms with E-state index >= 15 is 0 Å². The van der Waals surface area contributed by atoms with Crippen LogP contribution in [0.2, 0.25) is 0 Å². The summed E-state index contributed by atoms with van der Waals surface area (Å²) < 4.78 is 5.06. The Labute approximate surface area is 119 Å². The number of rotatable bonds is 3. The van der Waals surface area contributed by atoms with Crippen LogP contribution in [-0.4, -0.2) is 30.3 Å². The van der Waals surface area contributed by atoms with Crippen LogP contribution in [0.3, 0.4) is 0 Å². The van der Waals surface area contributed by atoms with Crippen molar-refractivity contribution in [2.24, 2.45) is 0 Å². The van der Waals surface area contributed by atoms with Crippen LogP contribution in [-0.2, 0) is 0 Å². The van der Waals surface area contributed by atoms with Crippen LogP contribution in [0.25, 0.3) is 0 Å². The van der Waals surface area contributed by atoms with Gasteiger partial charge < -0.3 is 20.9 Å². The van der Waals surface area contributed by atoms with E-state index in [1.807, 2.05) is 0 Å². The third-order valence-corrected chi connectivity index (χ3v) is 3.80. The van der Waals surface area contributed by atoms with Crippen molar-refractivity contribution in [2.45, 2.75) is 44.2 Å². The summed E-state index contributed by atoms with van der Waals surface area (Å²) in [6.07, 6.45) is 4.22. The second-order valence-electron chi connectivity index (χ2n) is 5.24. The van der Waals surface area contributed by atoms with Crippen molar-refractivity contribution in [1.82, 2.24) is 5.32 Å². The Balaban J connectivity index is 2.07. The first-order valence-corrected chi connectivity index (χ1v) is 7.04. The molecule has 0 bridgehead atoms. The molecule has 0 spiro atoms. The molecule has 1 aliphatic rings. The average Bonchev–Trinajstić information content (AvgIpc) is 2.64. The quantitative estimate of drug-likeness (QED) is 0.580. The molecular formula is C15H22N2O3. The number of hydrogen-bond donors (Lipinski definition) is 3. The molecule has 110 valence electrons. The van der Waals surface area contributed by atoms with E-state index in [9.17, 15) is 9.90 Å². The summed E-state index contributed by atoms with van der Waals surface area (Å²) in [5.41, 5.74) is 6.66. The summed E-state index contributed by atoms with van der Waals surface area (Å²) in [7, 11) is 1.55. The third-order valence-electron chi connectivity index (χ3n) is 3.80. The molecule has 0 saturated heterocycles. The first kappa shape index (κ1) is 14.7. The fourth-order valence-electron chi connectivity index (χ4n) is 2.58. The van der Waals surface area contributed by atoms with E-state index in [4.69, 9.17) is 10.5 Å². The van der Waals surface area contributed by atoms with Gasteiger partial charge in [0.2, 0.25) is 0 Å². The van der Waals surface area contributed by atoms with Crippen LogP contribution in [0.4, 0.5) is 5.69 Å². The summed E-state index contributed by atoms with van der Waals surface area (Å²) >= 11 is 0. The van der Waals surface area contributed by atoms with E-state index in [1.165, 1.54) is 0 Å². The zero-order chi connectivity index (χ0) is 14.5. The van der Waals surface area contributed by atoms with Gasteiger partial charge >= 0.3 is 0 Å². The van der Waals surface area contributed by atoms with Gasteiger partial charge in [-0.2, -0.15) is 0 Å². The number of nitrogens with one attached hydrogen (secondary N) is 1. The number of hydrogen-bond acceptors (Lipinski definition) is 4. The van der Waals surface area contributed by atoms with E-state index < -0.39 is 6.10 Å². The molecular weight excluding hydrogens is 256 g/mol. The highest BCUT2D eigenvalue weighted by Crippen LogP contribution is 2.22. The highest BCUT2D eigenvalue weighted by molar-refractivity contribution is 5.99. The molecule has 0 radical (unpaired) electrons. The minimum Gasteiger partial charge on any atom is -0.497 e. The van der Waals surface area contributed by atoms with E-state index in [1.54, 1.807) is 25.3 Å². The van der Waals surface area contributed by atoms with Crippen LogP contribution in [0, 0.1) is 0 Å². The van der Waals surface area contributed by atoms with Crippen LogP contribution < -0.4 is 15.8 Å². The van der Waals surface area contributed by atoms with E-state index in [0.29, 0.717) is 17.0 Å². The monoisotopic (exact) mass is 278 g/mol. The number of carbonyl (C=O) groups excluding carboxylic acids is 1. The highest BCUT2D eigenvalue weighted by Gasteiger charge is 2.24. The number of nitrogens with two attached hydrogens (primary N) is 1. The van der Waals surface area contributed by atoms with Gasteiger partial charge in [0, 0.05) is 11.8 Å². The maximum absolute atomic E-state index is 12.2. The molecule has 2 rings (SSSR count). The van der Waals surface area contributed by atoms with Gasteiger partial charge in [0.05, 0.1) is 24.8 Å². The molecule has 1 saturated carbocycles. The zero-order valence-corrected chi connectivity index (χ0v) is 11.8. The predicted molar refractivity (Wildman–Crippen MR) is 77.8 cm³/mol. The molecule has 1 aromatic rings. The van der Waals surface area contributed by atoms with Gasteiger partial charge in [-0.1, -0.05) is 19.3 Å². The summed E-state index contributed by atoms with van der Waals surface area (Å²) in [6.45, 7) is 0. The maximum Gasteiger partial charge on any atom is 0.253 e. The molecule has 5 nitrogen and oxygen atoms in total. The van der Waals surface area contributed by atoms with E-state index in [0.717, 1.165) is 32.1 Å². The minimum absolute atomic E-state index is 0.188. The lowest BCUT2D eigenvalue weighted by molar-refractivity contribution is 0.0819. The molecule has 2 atom stereocenters. The molecule has 0 heterocycles. The van der Waals surface area contributed by atoms with Gasteiger partial charge in [-0.05, 0) is 25.0 Å². The van der Waals surface area contributed by atoms with Gasteiger partial charge in [0.25, 0.3) is 5.91 Å². The van der Waals surface area contributed by atoms with E-state index in [2.05, 4.69) is 5.32 Å². The first-order valence-electron chi connectivity index (χ1n) is 7.04. The Morgan fingerprint density at radius 2 is 2.10 bits per heavy atom. The number of aliphatic hydroxyl groups excluding tert-OH is 1. The van der Waals surface area contributed by atoms with Gasteiger partial charge in [0.1, 0.15) is 5.75 Å². The number of amides is 1. The number of anilines is 1. The van der Waals surface area contributed by atoms with Gasteiger partial charge in [-0.3, -0.25) is 4.79 Å². The van der Waals surface area contributed by atoms with Gasteiger partial charge in [-0.15, -0.1) is 0 Å². The summed E-state index contributed by atoms with van der Waals surface area (Å²) in [5.74, 6) is 0.379. The lowest BCUT2D eigenvalue weighted by atomic mass is 10.0. The van der Waals surface area contributed by atoms with Crippen molar-refractivity contribution in [2.75, 3.05) is 12.8 Å². The van der Waals surface area contributed by atoms with Gasteiger partial charge in [-0.25, -0.2) is 0 Å². The summed E-state index contributed by atoms with van der Waals surface area (Å²) in [5, 5.41) is 12.9. The number of nitrogen functional groups attached to an aromatic ring is 1. The van der Waals surface area contributed by atoms with Crippen LogP contribution in [0.15, 0.2) is 18.2 Å². The molecule has 1 fully saturated rings. The normalized spacial score (nSPS) is 22.9. The molecule has 20 heavy (non-hydrogen) atoms. The molecule has 1 aliphatic carbocycles. The predicted octanol–water partition coefficient (Wildman–Crippen LogP) is 1.70. The SMILES string of the molecule is COc1ccc(C(=O)NC2CCCCCC2O)c(N)c1. The van der Waals surface area contributed by atoms with Crippen molar-refractivity contribution >= 4 is 11.6 Å². The van der Waals surface area contributed by atoms with E-state index in [-0.39, 0.29) is 11.9 Å². The lowest BCUT2D eigenvalue weighted by Gasteiger charge is -2.22. The lowest BCUT2D eigenvalue weighted by Crippen LogP contribution is -2.42. The maximum atomic E-state index is 12.2. The second-order valence-corrected chi connectivity index (χ2v) is 5.24. The molecule has 1 amide bonds. The standard InChI is InChI=1S/C15H22N2O3/c1-20-10-7-8-11(12(16)9-10)15(19)17-13-5-3-2-4-6-14(13)18/h7-9,13-14,18H,2-6,16H2,1H3,(H,17,19). The molecule has 0 aliphatic heterocycles. The first-order chi connectivity index (χ1) is 9.61. The Morgan fingerprint density at radius 3 is 2.80 bits per heavy atom. The fraction of sp³-hybridized carbons (Fsp3) is 0.533. The van der Waals surface area contributed by atoms with Crippen molar-refractivity contribution in [3.05, 3.63) is 23.8 Å². The minimum atomic E-state index is -0.471. The van der Waals surface area contributed by atoms with Crippen LogP contribution in [0.1, 0.15) is 42.5 Å². The van der Waals surface area contributed by atoms with Crippen LogP contribution in [0.5, 0.6) is 5.75 Å². The molecule has 0 aromatic heterocycles. The second kappa shape index (κ2) is 6.61. The highest BCUT2D eigenvalue weighted by atomic mass is 16.5. The molecule has 1 aromatic carbocycles. The molecule has 2 unspecified atom stereocenters. The topological polar surface area (TPSA) is 84.6 Å². The van der Waals surface area contributed by atoms with Gasteiger partial charge in [0.15, 0.2) is 0 Å². The summed E-state index contributed by atoms with van der Waals surface area (Å²) in [4.78, 5) is 12.2. The third kappa shape index (κ3) is 3.42. The van der Waals surface area contributed by atoms with Crippen molar-refractivity contribution in [1.29, 1.82) is 0 Å². The number of benzene rings is 1. The largest absolute Gasteiger partial charge is 0.497 e. The number of carbonyl (C=O) groups is 1. The number of aliphatic hydroxyl groups is 1. The Morgan fingerprint density at radius 1 is 1.35 bits per heavy atom. The smallest absolute Gasteiger partial charge is 0.253 e. The molecule has 5 heteroatoms. The number of methoxy groups -OCH3 is 1. The van der Waals surface area contributed by atoms with Crippen molar-refractivity contribution < 1.29 is 14.6 Å². The Kier molecular flexibility index (Phi) is 4.84. The fourth-order valence-corrected chi connectivity index (χ4v) is 2.58. The zero-order valence-electron chi connectivity index (χ0n) is 11.8. The van der Waals surface area contributed by atoms with Crippen LogP contribution >= 0.6 is 0 Å². The number of ether oxygens (including phenoxy) is 1. The summed E-state index contributed by atoms with van der Waals surface area (Å²) in [6, 6.07) is 4.78.